The number of rotatable bonds is 30. The van der Waals surface area contributed by atoms with Gasteiger partial charge in [0.25, 0.3) is 0 Å². The molecular formula is C60H84GaN15O17. The molecule has 33 heteroatoms. The summed E-state index contributed by atoms with van der Waals surface area (Å²) in [6.07, 6.45) is 0.0730. The number of likely N-dealkylation sites (N-methyl/N-ethyl adjacent to an activating group) is 1. The molecule has 0 aromatic heterocycles. The Labute approximate surface area is 551 Å². The summed E-state index contributed by atoms with van der Waals surface area (Å²) in [6.45, 7) is -1.29. The Bertz CT molecular complexity index is 2980. The summed E-state index contributed by atoms with van der Waals surface area (Å²) in [5, 5.41) is 64.7. The van der Waals surface area contributed by atoms with Gasteiger partial charge >= 0.3 is 19.8 Å². The van der Waals surface area contributed by atoms with Crippen molar-refractivity contribution in [1.82, 2.24) is 61.7 Å². The van der Waals surface area contributed by atoms with E-state index in [1.165, 1.54) is 24.1 Å². The van der Waals surface area contributed by atoms with Crippen LogP contribution < -0.4 is 64.0 Å². The summed E-state index contributed by atoms with van der Waals surface area (Å²) in [4.78, 5) is 155. The van der Waals surface area contributed by atoms with Crippen LogP contribution in [0.2, 0.25) is 0 Å². The van der Waals surface area contributed by atoms with Gasteiger partial charge in [-0.05, 0) is 59.7 Å². The van der Waals surface area contributed by atoms with Gasteiger partial charge in [-0.25, -0.2) is 0 Å². The SMILES string of the molecule is CN1C(=O)[C@@H](Cc2ccc(O)cc2)NC(=O)CNC(=O)[C@H](Cc2ccc3ccccc3c2)NC(=O)[C@H](CCCN=C(N)N)NC(=O)[C@H]1CCCNC(=O)CNC(=O)COCCOCCNC(=O)CN1CCN(CC(=O)[O-])CCN(CC(=O)[O-])CCN(CC(=O)[O-])CC1.[Ga+3]. The fraction of sp³-hybridized carbons (Fsp3) is 0.533. The maximum Gasteiger partial charge on any atom is 3.00 e. The van der Waals surface area contributed by atoms with Gasteiger partial charge in [-0.3, -0.25) is 62.9 Å². The van der Waals surface area contributed by atoms with Gasteiger partial charge in [0.2, 0.25) is 47.3 Å². The number of aromatic hydroxyl groups is 1. The molecule has 2 aliphatic heterocycles. The first kappa shape index (κ1) is 77.0. The van der Waals surface area contributed by atoms with E-state index in [1.807, 2.05) is 42.5 Å². The molecule has 93 heavy (non-hydrogen) atoms. The number of aliphatic carboxylic acids is 3. The molecule has 4 atom stereocenters. The first-order chi connectivity index (χ1) is 44.0. The van der Waals surface area contributed by atoms with E-state index in [2.05, 4.69) is 42.2 Å². The number of carboxylic acids is 3. The van der Waals surface area contributed by atoms with Crippen LogP contribution in [-0.4, -0.2) is 289 Å². The fourth-order valence-electron chi connectivity index (χ4n) is 10.1. The summed E-state index contributed by atoms with van der Waals surface area (Å²) in [6, 6.07) is 13.9. The molecule has 2 saturated heterocycles. The Balaban J connectivity index is 0.0000184. The van der Waals surface area contributed by atoms with Crippen LogP contribution in [0.1, 0.15) is 36.8 Å². The zero-order valence-electron chi connectivity index (χ0n) is 52.1. The second kappa shape index (κ2) is 41.2. The number of phenolic OH excluding ortho intramolecular Hbond substituents is 1. The Kier molecular flexibility index (Phi) is 34.1. The summed E-state index contributed by atoms with van der Waals surface area (Å²) in [7, 11) is 1.35. The Morgan fingerprint density at radius 3 is 1.74 bits per heavy atom. The van der Waals surface area contributed by atoms with Crippen LogP contribution in [0.3, 0.4) is 0 Å². The van der Waals surface area contributed by atoms with Crippen LogP contribution in [0, 0.1) is 0 Å². The summed E-state index contributed by atoms with van der Waals surface area (Å²) >= 11 is 0. The molecule has 0 aliphatic carbocycles. The first-order valence-electron chi connectivity index (χ1n) is 30.2. The third-order valence-electron chi connectivity index (χ3n) is 15.0. The first-order valence-corrected chi connectivity index (χ1v) is 30.2. The number of nitrogens with two attached hydrogens (primary N) is 2. The number of carbonyl (C=O) groups excluding carboxylic acids is 11. The van der Waals surface area contributed by atoms with Crippen LogP contribution in [0.5, 0.6) is 5.75 Å². The van der Waals surface area contributed by atoms with Gasteiger partial charge in [0.05, 0.1) is 57.4 Å². The number of ether oxygens (including phenoxy) is 2. The normalized spacial score (nSPS) is 18.9. The number of hydrogen-bond acceptors (Lipinski definition) is 22. The number of fused-ring (bicyclic) bond motifs is 1. The zero-order valence-corrected chi connectivity index (χ0v) is 54.6. The quantitative estimate of drug-likeness (QED) is 0.0128. The number of nitrogens with one attached hydrogen (secondary N) is 7. The number of carbonyl (C=O) groups is 11. The molecule has 0 unspecified atom stereocenters. The van der Waals surface area contributed by atoms with E-state index in [-0.39, 0.29) is 168 Å². The third kappa shape index (κ3) is 29.8. The molecule has 5 rings (SSSR count). The van der Waals surface area contributed by atoms with Gasteiger partial charge in [-0.1, -0.05) is 54.6 Å². The Morgan fingerprint density at radius 1 is 0.591 bits per heavy atom. The number of amides is 8. The molecule has 12 N–H and O–H groups in total. The standard InChI is InChI=1S/C60H87N15O17.Ga/c1-71-48(9-5-16-63-49(77)33-66-52(80)39-92-29-28-91-27-18-64-51(79)35-72-19-21-73(36-53(81)82)23-25-75(38-55(85)86)26-24-74(22-20-72)37-54(83)84)58(89)69-45(8-4-17-65-60(61)62)57(88)70-46(32-41-10-13-42-6-2-3-7-43(42)30-41)56(87)67-34-50(78)68-47(59(71)90)31-40-11-14-44(76)15-12-40;/h2-3,6-7,10-15,30,45-48,76H,4-5,8-9,16-29,31-39H2,1H3,(H,63,77)(H,64,79)(H,66,80)(H,67,87)(H,68,78)(H,69,89)(H,70,88)(H,81,82)(H,83,84)(H,85,86)(H4,61,62,65);/q;+3/p-3/t45-,46-,47+,48+;/m0./s1. The maximum atomic E-state index is 14.6. The molecule has 0 radical (unpaired) electrons. The molecule has 0 saturated carbocycles. The van der Waals surface area contributed by atoms with E-state index in [1.54, 1.807) is 26.8 Å². The van der Waals surface area contributed by atoms with E-state index in [9.17, 15) is 73.2 Å². The molecule has 32 nitrogen and oxygen atoms in total. The van der Waals surface area contributed by atoms with Crippen molar-refractivity contribution in [2.45, 2.75) is 62.7 Å². The molecule has 2 heterocycles. The second-order valence-electron chi connectivity index (χ2n) is 22.1. The van der Waals surface area contributed by atoms with Crippen molar-refractivity contribution in [1.29, 1.82) is 0 Å². The van der Waals surface area contributed by atoms with E-state index in [4.69, 9.17) is 20.9 Å². The minimum absolute atomic E-state index is 0. The molecule has 2 fully saturated rings. The third-order valence-corrected chi connectivity index (χ3v) is 15.0. The van der Waals surface area contributed by atoms with E-state index in [0.29, 0.717) is 11.1 Å². The molecule has 0 spiro atoms. The zero-order chi connectivity index (χ0) is 67.0. The monoisotopic (exact) mass is 1360 g/mol. The van der Waals surface area contributed by atoms with Crippen LogP contribution >= 0.6 is 0 Å². The predicted octanol–water partition coefficient (Wildman–Crippen LogP) is -8.95. The number of guanidine groups is 1. The van der Waals surface area contributed by atoms with Crippen molar-refractivity contribution in [3.05, 3.63) is 77.9 Å². The molecule has 0 bridgehead atoms. The number of phenols is 1. The molecule has 3 aromatic carbocycles. The van der Waals surface area contributed by atoms with Crippen molar-refractivity contribution in [2.24, 2.45) is 16.5 Å². The second-order valence-corrected chi connectivity index (χ2v) is 22.1. The number of benzene rings is 3. The fourth-order valence-corrected chi connectivity index (χ4v) is 10.1. The summed E-state index contributed by atoms with van der Waals surface area (Å²) in [5.41, 5.74) is 12.3. The average Bonchev–Trinajstić information content (AvgIpc) is 1.56. The molecular weight excluding hydrogens is 1270 g/mol. The van der Waals surface area contributed by atoms with Gasteiger partial charge in [-0.15, -0.1) is 0 Å². The molecule has 2 aliphatic rings. The largest absolute Gasteiger partial charge is 3.00 e. The van der Waals surface area contributed by atoms with Gasteiger partial charge in [-0.2, -0.15) is 0 Å². The van der Waals surface area contributed by atoms with Gasteiger partial charge in [0.1, 0.15) is 36.5 Å². The van der Waals surface area contributed by atoms with Crippen LogP contribution in [0.15, 0.2) is 71.7 Å². The number of carboxylic acid groups (broad SMARTS) is 3. The van der Waals surface area contributed by atoms with Gasteiger partial charge < -0.3 is 97.9 Å². The molecule has 3 aromatic rings. The van der Waals surface area contributed by atoms with Crippen LogP contribution in [0.25, 0.3) is 10.8 Å². The van der Waals surface area contributed by atoms with Crippen LogP contribution in [-0.2, 0) is 75.1 Å². The summed E-state index contributed by atoms with van der Waals surface area (Å²) in [5.74, 6) is -9.58. The number of hydrogen-bond donors (Lipinski definition) is 10. The minimum atomic E-state index is -1.34. The molecule has 504 valence electrons. The van der Waals surface area contributed by atoms with Crippen molar-refractivity contribution in [3.63, 3.8) is 0 Å². The van der Waals surface area contributed by atoms with Crippen molar-refractivity contribution < 1.29 is 82.6 Å². The Hall–Kier alpha value is -8.44. The van der Waals surface area contributed by atoms with Gasteiger partial charge in [0, 0.05) is 112 Å². The Morgan fingerprint density at radius 2 is 1.14 bits per heavy atom. The average molecular weight is 1360 g/mol. The van der Waals surface area contributed by atoms with Crippen molar-refractivity contribution >= 4 is 102 Å². The summed E-state index contributed by atoms with van der Waals surface area (Å²) < 4.78 is 10.9. The van der Waals surface area contributed by atoms with Crippen LogP contribution in [0.4, 0.5) is 0 Å². The topological polar surface area (TPSA) is 460 Å². The van der Waals surface area contributed by atoms with Crippen molar-refractivity contribution in [2.75, 3.05) is 145 Å². The number of aliphatic imine (C=N–C) groups is 1. The predicted molar refractivity (Wildman–Crippen MR) is 331 cm³/mol. The minimum Gasteiger partial charge on any atom is -0.549 e. The van der Waals surface area contributed by atoms with E-state index >= 15 is 0 Å². The molecule has 8 amide bonds. The van der Waals surface area contributed by atoms with Gasteiger partial charge in [0.15, 0.2) is 5.96 Å². The van der Waals surface area contributed by atoms with E-state index < -0.39 is 129 Å². The van der Waals surface area contributed by atoms with Crippen molar-refractivity contribution in [3.8, 4) is 5.75 Å². The maximum absolute atomic E-state index is 14.6. The van der Waals surface area contributed by atoms with E-state index in [0.717, 1.165) is 15.7 Å². The number of nitrogens with zero attached hydrogens (tertiary/aromatic N) is 6. The smallest absolute Gasteiger partial charge is 0.549 e.